The Labute approximate surface area is 180 Å². The largest absolute Gasteiger partial charge is 0.332 e. The van der Waals surface area contributed by atoms with Crippen LogP contribution in [0.15, 0.2) is 49.8 Å². The van der Waals surface area contributed by atoms with E-state index in [4.69, 9.17) is 5.10 Å². The number of aromatic amines is 1. The van der Waals surface area contributed by atoms with Crippen molar-refractivity contribution < 1.29 is 0 Å². The molecule has 11 heteroatoms. The van der Waals surface area contributed by atoms with Gasteiger partial charge in [0.25, 0.3) is 11.1 Å². The molecule has 1 aliphatic rings. The van der Waals surface area contributed by atoms with E-state index >= 15 is 0 Å². The molecule has 0 atom stereocenters. The molecule has 0 saturated carbocycles. The van der Waals surface area contributed by atoms with Gasteiger partial charge in [0.05, 0.1) is 12.3 Å². The molecule has 0 saturated heterocycles. The maximum atomic E-state index is 13.0. The number of H-pyrrole nitrogens is 1. The van der Waals surface area contributed by atoms with E-state index in [1.165, 1.54) is 22.7 Å². The molecule has 5 rings (SSSR count). The number of nitrogens with one attached hydrogen (secondary N) is 1. The van der Waals surface area contributed by atoms with Crippen LogP contribution in [0.3, 0.4) is 0 Å². The average Bonchev–Trinajstić information content (AvgIpc) is 3.15. The van der Waals surface area contributed by atoms with Gasteiger partial charge >= 0.3 is 5.69 Å². The lowest BCUT2D eigenvalue weighted by Crippen LogP contribution is -2.38. The van der Waals surface area contributed by atoms with Crippen LogP contribution >= 0.6 is 0 Å². The molecular formula is C21H20N8O3. The molecule has 0 bridgehead atoms. The fourth-order valence-electron chi connectivity index (χ4n) is 3.79. The number of fused-ring (bicyclic) bond motifs is 3. The number of hydrogen-bond donors (Lipinski definition) is 1. The summed E-state index contributed by atoms with van der Waals surface area (Å²) in [7, 11) is 2.99. The molecule has 1 aliphatic heterocycles. The zero-order chi connectivity index (χ0) is 22.7. The van der Waals surface area contributed by atoms with Gasteiger partial charge in [-0.3, -0.25) is 28.3 Å². The Balaban J connectivity index is 1.84. The van der Waals surface area contributed by atoms with E-state index in [1.807, 2.05) is 31.2 Å². The second kappa shape index (κ2) is 6.87. The fraction of sp³-hybridized carbons (Fsp3) is 0.238. The molecule has 32 heavy (non-hydrogen) atoms. The van der Waals surface area contributed by atoms with Crippen molar-refractivity contribution in [1.29, 1.82) is 0 Å². The highest BCUT2D eigenvalue weighted by molar-refractivity contribution is 6.03. The summed E-state index contributed by atoms with van der Waals surface area (Å²) in [4.78, 5) is 49.2. The van der Waals surface area contributed by atoms with E-state index in [9.17, 15) is 14.4 Å². The van der Waals surface area contributed by atoms with Crippen molar-refractivity contribution in [3.05, 3.63) is 78.3 Å². The molecule has 1 N–H and O–H groups in total. The third-order valence-electron chi connectivity index (χ3n) is 5.49. The predicted molar refractivity (Wildman–Crippen MR) is 120 cm³/mol. The summed E-state index contributed by atoms with van der Waals surface area (Å²) in [5.41, 5.74) is 2.33. The second-order valence-corrected chi connectivity index (χ2v) is 7.81. The molecule has 0 amide bonds. The average molecular weight is 432 g/mol. The molecule has 0 aliphatic carbocycles. The van der Waals surface area contributed by atoms with E-state index in [2.05, 4.69) is 15.0 Å². The van der Waals surface area contributed by atoms with Crippen LogP contribution in [0.4, 0.5) is 11.9 Å². The van der Waals surface area contributed by atoms with E-state index in [0.717, 1.165) is 15.7 Å². The van der Waals surface area contributed by atoms with Crippen LogP contribution in [0.2, 0.25) is 0 Å². The lowest BCUT2D eigenvalue weighted by molar-refractivity contribution is 0.703. The second-order valence-electron chi connectivity index (χ2n) is 7.81. The third kappa shape index (κ3) is 2.89. The number of aryl methyl sites for hydroxylation is 3. The van der Waals surface area contributed by atoms with Crippen LogP contribution in [0.1, 0.15) is 16.8 Å². The zero-order valence-corrected chi connectivity index (χ0v) is 17.9. The number of rotatable bonds is 2. The first-order valence-electron chi connectivity index (χ1n) is 9.93. The smallest absolute Gasteiger partial charge is 0.296 e. The quantitative estimate of drug-likeness (QED) is 0.497. The van der Waals surface area contributed by atoms with Gasteiger partial charge in [0.2, 0.25) is 11.9 Å². The molecule has 0 fully saturated rings. The van der Waals surface area contributed by atoms with Crippen LogP contribution in [0.5, 0.6) is 0 Å². The summed E-state index contributed by atoms with van der Waals surface area (Å²) in [6, 6.07) is 9.20. The van der Waals surface area contributed by atoms with Crippen LogP contribution in [-0.2, 0) is 20.6 Å². The first-order chi connectivity index (χ1) is 15.2. The highest BCUT2D eigenvalue weighted by Crippen LogP contribution is 2.29. The first kappa shape index (κ1) is 19.7. The van der Waals surface area contributed by atoms with Gasteiger partial charge in [-0.25, -0.2) is 9.78 Å². The Morgan fingerprint density at radius 3 is 2.38 bits per heavy atom. The summed E-state index contributed by atoms with van der Waals surface area (Å²) in [6.07, 6.45) is 0. The van der Waals surface area contributed by atoms with E-state index in [0.29, 0.717) is 11.4 Å². The third-order valence-corrected chi connectivity index (χ3v) is 5.49. The van der Waals surface area contributed by atoms with Crippen molar-refractivity contribution in [2.24, 2.45) is 19.2 Å². The monoisotopic (exact) mass is 432 g/mol. The molecule has 4 heterocycles. The Morgan fingerprint density at radius 2 is 1.69 bits per heavy atom. The molecule has 0 unspecified atom stereocenters. The lowest BCUT2D eigenvalue weighted by atomic mass is 10.1. The predicted octanol–water partition coefficient (Wildman–Crippen LogP) is 0.690. The van der Waals surface area contributed by atoms with E-state index in [-0.39, 0.29) is 35.2 Å². The van der Waals surface area contributed by atoms with Crippen molar-refractivity contribution in [3.8, 4) is 0 Å². The number of nitrogens with zero attached hydrogens (tertiary/aromatic N) is 7. The Morgan fingerprint density at radius 1 is 0.969 bits per heavy atom. The van der Waals surface area contributed by atoms with Crippen molar-refractivity contribution in [1.82, 2.24) is 28.7 Å². The number of benzene rings is 1. The number of hydrazone groups is 1. The van der Waals surface area contributed by atoms with Gasteiger partial charge in [-0.2, -0.15) is 15.1 Å². The van der Waals surface area contributed by atoms with Gasteiger partial charge in [-0.1, -0.05) is 29.8 Å². The van der Waals surface area contributed by atoms with Gasteiger partial charge in [-0.15, -0.1) is 0 Å². The van der Waals surface area contributed by atoms with Gasteiger partial charge in [0, 0.05) is 25.9 Å². The summed E-state index contributed by atoms with van der Waals surface area (Å²) in [5, 5.41) is 6.11. The maximum absolute atomic E-state index is 13.0. The summed E-state index contributed by atoms with van der Waals surface area (Å²) >= 11 is 0. The minimum atomic E-state index is -0.480. The first-order valence-corrected chi connectivity index (χ1v) is 9.93. The van der Waals surface area contributed by atoms with Crippen molar-refractivity contribution in [3.63, 3.8) is 0 Å². The SMILES string of the molecule is Cc1ccc(C2=NN(c3nc(C)cc(=O)[nH]3)c3nc4c(c(=O)n(C)c(=O)n4C)n3C2)cc1. The van der Waals surface area contributed by atoms with Gasteiger partial charge in [0.15, 0.2) is 11.2 Å². The summed E-state index contributed by atoms with van der Waals surface area (Å²) in [5.74, 6) is 0.445. The number of imidazole rings is 1. The van der Waals surface area contributed by atoms with Crippen molar-refractivity contribution in [2.45, 2.75) is 20.4 Å². The molecular weight excluding hydrogens is 412 g/mol. The van der Waals surface area contributed by atoms with Crippen molar-refractivity contribution in [2.75, 3.05) is 5.01 Å². The number of hydrogen-bond acceptors (Lipinski definition) is 7. The summed E-state index contributed by atoms with van der Waals surface area (Å²) in [6.45, 7) is 3.95. The Bertz CT molecular complexity index is 1600. The molecule has 11 nitrogen and oxygen atoms in total. The topological polar surface area (TPSA) is 123 Å². The number of anilines is 2. The maximum Gasteiger partial charge on any atom is 0.332 e. The lowest BCUT2D eigenvalue weighted by Gasteiger charge is -2.25. The molecule has 1 aromatic carbocycles. The molecule has 0 spiro atoms. The van der Waals surface area contributed by atoms with E-state index < -0.39 is 11.2 Å². The Kier molecular flexibility index (Phi) is 4.22. The molecule has 0 radical (unpaired) electrons. The standard InChI is InChI=1S/C21H20N8O3/c1-11-5-7-13(8-6-11)14-10-28-16-17(26(3)21(32)27(4)18(16)31)24-20(28)29(25-14)19-22-12(2)9-15(30)23-19/h5-9H,10H2,1-4H3,(H,22,23,30). The van der Waals surface area contributed by atoms with Crippen molar-refractivity contribution >= 4 is 28.8 Å². The van der Waals surface area contributed by atoms with Gasteiger partial charge < -0.3 is 0 Å². The summed E-state index contributed by atoms with van der Waals surface area (Å²) < 4.78 is 4.06. The van der Waals surface area contributed by atoms with E-state index in [1.54, 1.807) is 18.5 Å². The highest BCUT2D eigenvalue weighted by Gasteiger charge is 2.30. The van der Waals surface area contributed by atoms with Crippen LogP contribution in [-0.4, -0.2) is 34.4 Å². The Hall–Kier alpha value is -4.28. The van der Waals surface area contributed by atoms with Crippen LogP contribution < -0.4 is 21.8 Å². The van der Waals surface area contributed by atoms with Crippen LogP contribution in [0, 0.1) is 13.8 Å². The molecule has 162 valence electrons. The molecule has 4 aromatic rings. The minimum Gasteiger partial charge on any atom is -0.296 e. The van der Waals surface area contributed by atoms with Crippen LogP contribution in [0.25, 0.3) is 11.2 Å². The molecule has 3 aromatic heterocycles. The van der Waals surface area contributed by atoms with Gasteiger partial charge in [-0.05, 0) is 19.4 Å². The highest BCUT2D eigenvalue weighted by atomic mass is 16.2. The fourth-order valence-corrected chi connectivity index (χ4v) is 3.79. The minimum absolute atomic E-state index is 0.165. The van der Waals surface area contributed by atoms with Gasteiger partial charge in [0.1, 0.15) is 0 Å². The zero-order valence-electron chi connectivity index (χ0n) is 17.9. The number of aromatic nitrogens is 6. The normalized spacial score (nSPS) is 13.4.